The van der Waals surface area contributed by atoms with Gasteiger partial charge in [0.1, 0.15) is 5.82 Å². The Hall–Kier alpha value is -2.82. The zero-order chi connectivity index (χ0) is 19.2. The highest BCUT2D eigenvalue weighted by Gasteiger charge is 2.61. The number of carbonyl (C=O) groups excluding carboxylic acids is 1. The van der Waals surface area contributed by atoms with E-state index in [-0.39, 0.29) is 17.8 Å². The second-order valence-electron chi connectivity index (χ2n) is 7.60. The largest absolute Gasteiger partial charge is 0.399 e. The third kappa shape index (κ3) is 2.78. The number of benzene rings is 2. The minimum atomic E-state index is -0.439. The number of anilines is 2. The monoisotopic (exact) mass is 365 g/mol. The molecule has 2 aliphatic heterocycles. The van der Waals surface area contributed by atoms with Gasteiger partial charge in [-0.3, -0.25) is 4.79 Å². The maximum atomic E-state index is 13.5. The van der Waals surface area contributed by atoms with Crippen LogP contribution in [0.2, 0.25) is 0 Å². The summed E-state index contributed by atoms with van der Waals surface area (Å²) in [5, 5.41) is 0. The summed E-state index contributed by atoms with van der Waals surface area (Å²) in [6.07, 6.45) is 1.54. The summed E-state index contributed by atoms with van der Waals surface area (Å²) in [7, 11) is 0. The molecule has 27 heavy (non-hydrogen) atoms. The Morgan fingerprint density at radius 1 is 1.11 bits per heavy atom. The molecule has 0 aliphatic carbocycles. The van der Waals surface area contributed by atoms with E-state index < -0.39 is 5.41 Å². The normalized spacial score (nSPS) is 21.3. The quantitative estimate of drug-likeness (QED) is 0.658. The number of piperidine rings is 1. The minimum absolute atomic E-state index is 0.0958. The fourth-order valence-electron chi connectivity index (χ4n) is 4.44. The number of halogens is 1. The van der Waals surface area contributed by atoms with Gasteiger partial charge in [0.25, 0.3) is 0 Å². The van der Waals surface area contributed by atoms with Crippen molar-refractivity contribution in [1.29, 1.82) is 0 Å². The van der Waals surface area contributed by atoms with E-state index in [0.29, 0.717) is 5.69 Å². The van der Waals surface area contributed by atoms with E-state index >= 15 is 0 Å². The van der Waals surface area contributed by atoms with E-state index in [1.54, 1.807) is 24.3 Å². The van der Waals surface area contributed by atoms with Gasteiger partial charge in [0.05, 0.1) is 11.5 Å². The molecule has 2 saturated heterocycles. The summed E-state index contributed by atoms with van der Waals surface area (Å²) in [5.74, 6) is -0.127. The molecule has 2 aromatic carbocycles. The Labute approximate surface area is 159 Å². The van der Waals surface area contributed by atoms with Crippen LogP contribution in [0.5, 0.6) is 0 Å². The average Bonchev–Trinajstić information content (AvgIpc) is 2.68. The number of likely N-dealkylation sites (tertiary alicyclic amines) is 1. The third-order valence-electron chi connectivity index (χ3n) is 5.98. The predicted octanol–water partition coefficient (Wildman–Crippen LogP) is 4.11. The molecule has 1 amide bonds. The molecule has 1 unspecified atom stereocenters. The van der Waals surface area contributed by atoms with Crippen LogP contribution in [0.4, 0.5) is 15.8 Å². The van der Waals surface area contributed by atoms with Crippen molar-refractivity contribution in [2.75, 3.05) is 23.7 Å². The molecule has 0 saturated carbocycles. The SMILES string of the molecule is C=C(C)N1CCC2(CC1)C(=O)N(c1ccc(N)cc1)C2c1ccc(F)cc1. The molecule has 0 bridgehead atoms. The van der Waals surface area contributed by atoms with E-state index in [0.717, 1.165) is 42.9 Å². The number of hydrogen-bond donors (Lipinski definition) is 1. The second kappa shape index (κ2) is 6.41. The van der Waals surface area contributed by atoms with Crippen molar-refractivity contribution < 1.29 is 9.18 Å². The number of nitrogens with two attached hydrogens (primary N) is 1. The van der Waals surface area contributed by atoms with Crippen molar-refractivity contribution >= 4 is 17.3 Å². The molecular weight excluding hydrogens is 341 g/mol. The predicted molar refractivity (Wildman–Crippen MR) is 106 cm³/mol. The van der Waals surface area contributed by atoms with Crippen molar-refractivity contribution in [2.45, 2.75) is 25.8 Å². The second-order valence-corrected chi connectivity index (χ2v) is 7.60. The first kappa shape index (κ1) is 17.6. The smallest absolute Gasteiger partial charge is 0.236 e. The summed E-state index contributed by atoms with van der Waals surface area (Å²) < 4.78 is 13.5. The number of allylic oxidation sites excluding steroid dienone is 1. The number of nitrogen functional groups attached to an aromatic ring is 1. The lowest BCUT2D eigenvalue weighted by Crippen LogP contribution is -2.66. The Bertz CT molecular complexity index is 867. The van der Waals surface area contributed by atoms with Gasteiger partial charge >= 0.3 is 0 Å². The lowest BCUT2D eigenvalue weighted by atomic mass is 9.62. The molecule has 4 rings (SSSR count). The highest BCUT2D eigenvalue weighted by Crippen LogP contribution is 2.57. The van der Waals surface area contributed by atoms with Crippen molar-refractivity contribution in [2.24, 2.45) is 5.41 Å². The lowest BCUT2D eigenvalue weighted by molar-refractivity contribution is -0.144. The standard InChI is InChI=1S/C22H24FN3O/c1-15(2)25-13-11-22(12-14-25)20(16-3-5-17(23)6-4-16)26(21(22)27)19-9-7-18(24)8-10-19/h3-10,20H,1,11-14,24H2,2H3. The van der Waals surface area contributed by atoms with E-state index in [1.165, 1.54) is 12.1 Å². The van der Waals surface area contributed by atoms with Gasteiger partial charge in [-0.25, -0.2) is 4.39 Å². The molecule has 4 nitrogen and oxygen atoms in total. The van der Waals surface area contributed by atoms with Crippen LogP contribution < -0.4 is 10.6 Å². The fourth-order valence-corrected chi connectivity index (χ4v) is 4.44. The van der Waals surface area contributed by atoms with Gasteiger partial charge in [0.15, 0.2) is 0 Å². The molecule has 1 spiro atoms. The first-order valence-electron chi connectivity index (χ1n) is 9.27. The molecular formula is C22H24FN3O. The Morgan fingerprint density at radius 2 is 1.70 bits per heavy atom. The van der Waals surface area contributed by atoms with E-state index in [9.17, 15) is 9.18 Å². The van der Waals surface area contributed by atoms with E-state index in [4.69, 9.17) is 5.73 Å². The number of nitrogens with zero attached hydrogens (tertiary/aromatic N) is 2. The highest BCUT2D eigenvalue weighted by atomic mass is 19.1. The molecule has 0 aromatic heterocycles. The van der Waals surface area contributed by atoms with Crippen LogP contribution in [0.1, 0.15) is 31.4 Å². The highest BCUT2D eigenvalue weighted by molar-refractivity contribution is 6.06. The maximum absolute atomic E-state index is 13.5. The van der Waals surface area contributed by atoms with Crippen molar-refractivity contribution in [1.82, 2.24) is 4.90 Å². The summed E-state index contributed by atoms with van der Waals surface area (Å²) >= 11 is 0. The molecule has 2 heterocycles. The Balaban J connectivity index is 1.71. The van der Waals surface area contributed by atoms with Gasteiger partial charge in [-0.2, -0.15) is 0 Å². The molecule has 0 radical (unpaired) electrons. The lowest BCUT2D eigenvalue weighted by Gasteiger charge is -2.59. The zero-order valence-electron chi connectivity index (χ0n) is 15.5. The molecule has 140 valence electrons. The number of carbonyl (C=O) groups is 1. The fraction of sp³-hybridized carbons (Fsp3) is 0.318. The number of rotatable bonds is 3. The van der Waals surface area contributed by atoms with Gasteiger partial charge in [0.2, 0.25) is 5.91 Å². The van der Waals surface area contributed by atoms with Crippen LogP contribution >= 0.6 is 0 Å². The Morgan fingerprint density at radius 3 is 2.26 bits per heavy atom. The van der Waals surface area contributed by atoms with Crippen LogP contribution in [0, 0.1) is 11.2 Å². The average molecular weight is 365 g/mol. The summed E-state index contributed by atoms with van der Waals surface area (Å²) in [5.41, 5.74) is 8.86. The number of amides is 1. The van der Waals surface area contributed by atoms with Gasteiger partial charge in [-0.15, -0.1) is 0 Å². The van der Waals surface area contributed by atoms with Crippen LogP contribution in [-0.4, -0.2) is 23.9 Å². The molecule has 2 fully saturated rings. The van der Waals surface area contributed by atoms with Crippen LogP contribution in [0.25, 0.3) is 0 Å². The third-order valence-corrected chi connectivity index (χ3v) is 5.98. The van der Waals surface area contributed by atoms with Crippen molar-refractivity contribution in [3.8, 4) is 0 Å². The van der Waals surface area contributed by atoms with Crippen LogP contribution in [-0.2, 0) is 4.79 Å². The van der Waals surface area contributed by atoms with Gasteiger partial charge in [0, 0.05) is 30.2 Å². The minimum Gasteiger partial charge on any atom is -0.399 e. The number of hydrogen-bond acceptors (Lipinski definition) is 3. The first-order chi connectivity index (χ1) is 12.9. The molecule has 2 N–H and O–H groups in total. The molecule has 2 aliphatic rings. The topological polar surface area (TPSA) is 49.6 Å². The van der Waals surface area contributed by atoms with Gasteiger partial charge in [-0.1, -0.05) is 18.7 Å². The van der Waals surface area contributed by atoms with E-state index in [2.05, 4.69) is 11.5 Å². The maximum Gasteiger partial charge on any atom is 0.236 e. The molecule has 2 aromatic rings. The number of β-lactam (4-membered cyclic amide) rings is 1. The summed E-state index contributed by atoms with van der Waals surface area (Å²) in [6, 6.07) is 13.8. The van der Waals surface area contributed by atoms with Gasteiger partial charge < -0.3 is 15.5 Å². The van der Waals surface area contributed by atoms with Crippen molar-refractivity contribution in [3.05, 3.63) is 72.2 Å². The molecule has 1 atom stereocenters. The van der Waals surface area contributed by atoms with E-state index in [1.807, 2.05) is 24.0 Å². The van der Waals surface area contributed by atoms with Crippen LogP contribution in [0.15, 0.2) is 60.8 Å². The Kier molecular flexibility index (Phi) is 4.17. The van der Waals surface area contributed by atoms with Crippen molar-refractivity contribution in [3.63, 3.8) is 0 Å². The first-order valence-corrected chi connectivity index (χ1v) is 9.27. The van der Waals surface area contributed by atoms with Gasteiger partial charge in [-0.05, 0) is 61.7 Å². The molecule has 5 heteroatoms. The van der Waals surface area contributed by atoms with Crippen LogP contribution in [0.3, 0.4) is 0 Å². The summed E-state index contributed by atoms with van der Waals surface area (Å²) in [4.78, 5) is 17.4. The summed E-state index contributed by atoms with van der Waals surface area (Å²) in [6.45, 7) is 7.65. The zero-order valence-corrected chi connectivity index (χ0v) is 15.5.